The fourth-order valence-corrected chi connectivity index (χ4v) is 4.03. The highest BCUT2D eigenvalue weighted by atomic mass is 16.5. The van der Waals surface area contributed by atoms with E-state index in [1.54, 1.807) is 26.4 Å². The molecule has 1 heterocycles. The smallest absolute Gasteiger partial charge is 0.248 e. The molecule has 0 saturated heterocycles. The molecule has 1 aromatic heterocycles. The third kappa shape index (κ3) is 3.66. The van der Waals surface area contributed by atoms with Crippen LogP contribution in [0, 0.1) is 0 Å². The van der Waals surface area contributed by atoms with Gasteiger partial charge in [-0.25, -0.2) is 0 Å². The van der Waals surface area contributed by atoms with E-state index in [0.717, 1.165) is 24.3 Å². The number of ether oxygens (including phenoxy) is 2. The molecule has 0 saturated carbocycles. The first-order valence-electron chi connectivity index (χ1n) is 9.50. The standard InChI is InChI=1S/C22H24N2O5/c1-28-19-9-12-7-14(8-13(12)10-20(19)29-2)23-11-18(26)15-3-5-17(25)22-16(15)4-6-21(27)24-22/h3-6,9-10,14,18,23,25-26H,7-8,11H2,1-2H3,(H,24,27). The largest absolute Gasteiger partial charge is 0.506 e. The summed E-state index contributed by atoms with van der Waals surface area (Å²) >= 11 is 0. The highest BCUT2D eigenvalue weighted by Gasteiger charge is 2.24. The lowest BCUT2D eigenvalue weighted by molar-refractivity contribution is 0.171. The molecule has 1 unspecified atom stereocenters. The van der Waals surface area contributed by atoms with Crippen LogP contribution in [0.4, 0.5) is 0 Å². The fraction of sp³-hybridized carbons (Fsp3) is 0.318. The zero-order valence-electron chi connectivity index (χ0n) is 16.4. The lowest BCUT2D eigenvalue weighted by atomic mass is 10.0. The Kier molecular flexibility index (Phi) is 5.17. The predicted octanol–water partition coefficient (Wildman–Crippen LogP) is 2.04. The number of aromatic hydroxyl groups is 1. The summed E-state index contributed by atoms with van der Waals surface area (Å²) in [6, 6.07) is 10.4. The van der Waals surface area contributed by atoms with Crippen molar-refractivity contribution in [2.45, 2.75) is 25.0 Å². The van der Waals surface area contributed by atoms with Crippen molar-refractivity contribution in [3.63, 3.8) is 0 Å². The molecule has 7 heteroatoms. The van der Waals surface area contributed by atoms with Gasteiger partial charge in [0.25, 0.3) is 0 Å². The number of benzene rings is 2. The highest BCUT2D eigenvalue weighted by Crippen LogP contribution is 2.35. The third-order valence-corrected chi connectivity index (χ3v) is 5.50. The van der Waals surface area contributed by atoms with Crippen LogP contribution in [-0.4, -0.2) is 42.0 Å². The van der Waals surface area contributed by atoms with Gasteiger partial charge < -0.3 is 30.0 Å². The van der Waals surface area contributed by atoms with Gasteiger partial charge in [0.1, 0.15) is 5.75 Å². The minimum absolute atomic E-state index is 0.0178. The molecule has 7 nitrogen and oxygen atoms in total. The number of aliphatic hydroxyl groups excluding tert-OH is 1. The monoisotopic (exact) mass is 396 g/mol. The Morgan fingerprint density at radius 1 is 1.10 bits per heavy atom. The summed E-state index contributed by atoms with van der Waals surface area (Å²) in [5.74, 6) is 1.42. The summed E-state index contributed by atoms with van der Waals surface area (Å²) in [6.45, 7) is 0.353. The number of phenolic OH excluding ortho intramolecular Hbond substituents is 1. The molecule has 4 rings (SSSR count). The molecule has 4 N–H and O–H groups in total. The maximum Gasteiger partial charge on any atom is 0.248 e. The van der Waals surface area contributed by atoms with Crippen molar-refractivity contribution in [2.75, 3.05) is 20.8 Å². The summed E-state index contributed by atoms with van der Waals surface area (Å²) < 4.78 is 10.8. The van der Waals surface area contributed by atoms with E-state index in [-0.39, 0.29) is 17.4 Å². The van der Waals surface area contributed by atoms with Gasteiger partial charge >= 0.3 is 0 Å². The summed E-state index contributed by atoms with van der Waals surface area (Å²) in [6.07, 6.45) is 0.898. The van der Waals surface area contributed by atoms with Gasteiger partial charge in [0.2, 0.25) is 5.56 Å². The zero-order valence-corrected chi connectivity index (χ0v) is 16.4. The van der Waals surface area contributed by atoms with E-state index >= 15 is 0 Å². The molecule has 3 aromatic rings. The number of aliphatic hydroxyl groups is 1. The van der Waals surface area contributed by atoms with E-state index in [9.17, 15) is 15.0 Å². The molecule has 29 heavy (non-hydrogen) atoms. The molecule has 0 spiro atoms. The lowest BCUT2D eigenvalue weighted by Crippen LogP contribution is -2.33. The average molecular weight is 396 g/mol. The van der Waals surface area contributed by atoms with Crippen LogP contribution in [0.25, 0.3) is 10.9 Å². The van der Waals surface area contributed by atoms with E-state index in [2.05, 4.69) is 10.3 Å². The molecule has 1 atom stereocenters. The summed E-state index contributed by atoms with van der Waals surface area (Å²) in [7, 11) is 3.25. The van der Waals surface area contributed by atoms with E-state index in [4.69, 9.17) is 9.47 Å². The first-order chi connectivity index (χ1) is 14.0. The fourth-order valence-electron chi connectivity index (χ4n) is 4.03. The second-order valence-electron chi connectivity index (χ2n) is 7.29. The third-order valence-electron chi connectivity index (χ3n) is 5.50. The number of fused-ring (bicyclic) bond motifs is 2. The minimum atomic E-state index is -0.781. The maximum atomic E-state index is 11.6. The van der Waals surface area contributed by atoms with Crippen molar-refractivity contribution in [3.05, 3.63) is 63.4 Å². The van der Waals surface area contributed by atoms with E-state index in [0.29, 0.717) is 23.0 Å². The van der Waals surface area contributed by atoms with Gasteiger partial charge in [0.15, 0.2) is 11.5 Å². The van der Waals surface area contributed by atoms with Crippen LogP contribution in [0.1, 0.15) is 22.8 Å². The Balaban J connectivity index is 1.48. The Bertz CT molecular complexity index is 1080. The van der Waals surface area contributed by atoms with Crippen LogP contribution in [0.5, 0.6) is 17.2 Å². The zero-order chi connectivity index (χ0) is 20.5. The molecule has 152 valence electrons. The first kappa shape index (κ1) is 19.3. The summed E-state index contributed by atoms with van der Waals surface area (Å²) in [5, 5.41) is 24.8. The number of aromatic nitrogens is 1. The van der Waals surface area contributed by atoms with Gasteiger partial charge in [0.05, 0.1) is 25.8 Å². The van der Waals surface area contributed by atoms with E-state index in [1.165, 1.54) is 23.3 Å². The number of nitrogens with one attached hydrogen (secondary N) is 2. The normalized spacial score (nSPS) is 14.7. The van der Waals surface area contributed by atoms with Crippen LogP contribution in [-0.2, 0) is 12.8 Å². The minimum Gasteiger partial charge on any atom is -0.506 e. The molecular formula is C22H24N2O5. The van der Waals surface area contributed by atoms with Crippen LogP contribution >= 0.6 is 0 Å². The molecule has 0 aliphatic heterocycles. The number of hydrogen-bond donors (Lipinski definition) is 4. The maximum absolute atomic E-state index is 11.6. The van der Waals surface area contributed by atoms with Crippen molar-refractivity contribution in [1.82, 2.24) is 10.3 Å². The highest BCUT2D eigenvalue weighted by molar-refractivity contribution is 5.87. The number of pyridine rings is 1. The molecule has 0 radical (unpaired) electrons. The first-order valence-corrected chi connectivity index (χ1v) is 9.50. The van der Waals surface area contributed by atoms with Crippen LogP contribution < -0.4 is 20.3 Å². The molecule has 0 fully saturated rings. The summed E-state index contributed by atoms with van der Waals surface area (Å²) in [5.41, 5.74) is 3.11. The van der Waals surface area contributed by atoms with Crippen molar-refractivity contribution in [3.8, 4) is 17.2 Å². The number of rotatable bonds is 6. The van der Waals surface area contributed by atoms with E-state index < -0.39 is 6.10 Å². The molecular weight excluding hydrogens is 372 g/mol. The van der Waals surface area contributed by atoms with Gasteiger partial charge in [-0.1, -0.05) is 6.07 Å². The average Bonchev–Trinajstić information content (AvgIpc) is 3.13. The SMILES string of the molecule is COc1cc2c(cc1OC)CC(NCC(O)c1ccc(O)c3[nH]c(=O)ccc13)C2. The topological polar surface area (TPSA) is 104 Å². The van der Waals surface area contributed by atoms with Gasteiger partial charge in [-0.2, -0.15) is 0 Å². The number of phenols is 1. The van der Waals surface area contributed by atoms with Crippen molar-refractivity contribution < 1.29 is 19.7 Å². The number of hydrogen-bond acceptors (Lipinski definition) is 6. The van der Waals surface area contributed by atoms with Crippen LogP contribution in [0.3, 0.4) is 0 Å². The molecule has 2 aromatic carbocycles. The van der Waals surface area contributed by atoms with Gasteiger partial charge in [-0.15, -0.1) is 0 Å². The van der Waals surface area contributed by atoms with Crippen molar-refractivity contribution in [1.29, 1.82) is 0 Å². The predicted molar refractivity (Wildman–Crippen MR) is 110 cm³/mol. The Morgan fingerprint density at radius 2 is 1.76 bits per heavy atom. The Morgan fingerprint density at radius 3 is 2.38 bits per heavy atom. The lowest BCUT2D eigenvalue weighted by Gasteiger charge is -2.18. The number of H-pyrrole nitrogens is 1. The Labute approximate surface area is 167 Å². The van der Waals surface area contributed by atoms with Crippen LogP contribution in [0.15, 0.2) is 41.2 Å². The van der Waals surface area contributed by atoms with Gasteiger partial charge in [0, 0.05) is 24.0 Å². The molecule has 0 amide bonds. The van der Waals surface area contributed by atoms with Crippen molar-refractivity contribution >= 4 is 10.9 Å². The van der Waals surface area contributed by atoms with E-state index in [1.807, 2.05) is 12.1 Å². The quantitative estimate of drug-likeness (QED) is 0.508. The molecule has 0 bridgehead atoms. The summed E-state index contributed by atoms with van der Waals surface area (Å²) in [4.78, 5) is 14.2. The number of aromatic amines is 1. The molecule has 1 aliphatic carbocycles. The second kappa shape index (κ2) is 7.77. The second-order valence-corrected chi connectivity index (χ2v) is 7.29. The van der Waals surface area contributed by atoms with Gasteiger partial charge in [-0.3, -0.25) is 4.79 Å². The van der Waals surface area contributed by atoms with Gasteiger partial charge in [-0.05, 0) is 53.8 Å². The molecule has 1 aliphatic rings. The Hall–Kier alpha value is -3.03. The number of methoxy groups -OCH3 is 2. The van der Waals surface area contributed by atoms with Crippen LogP contribution in [0.2, 0.25) is 0 Å². The van der Waals surface area contributed by atoms with Crippen molar-refractivity contribution in [2.24, 2.45) is 0 Å².